The summed E-state index contributed by atoms with van der Waals surface area (Å²) in [6, 6.07) is 2.05. The summed E-state index contributed by atoms with van der Waals surface area (Å²) in [5, 5.41) is 14.5. The van der Waals surface area contributed by atoms with Gasteiger partial charge in [0.25, 0.3) is 0 Å². The number of hydrogen-bond donors (Lipinski definition) is 1. The molecule has 1 aromatic rings. The van der Waals surface area contributed by atoms with Crippen LogP contribution in [0.1, 0.15) is 37.8 Å². The number of aromatic nitrogens is 2. The molecule has 1 N–H and O–H groups in total. The van der Waals surface area contributed by atoms with Crippen LogP contribution in [0.2, 0.25) is 0 Å². The van der Waals surface area contributed by atoms with E-state index in [1.54, 1.807) is 0 Å². The third-order valence-electron chi connectivity index (χ3n) is 4.91. The van der Waals surface area contributed by atoms with Gasteiger partial charge in [-0.3, -0.25) is 4.68 Å². The highest BCUT2D eigenvalue weighted by Crippen LogP contribution is 2.50. The van der Waals surface area contributed by atoms with E-state index in [2.05, 4.69) is 5.10 Å². The summed E-state index contributed by atoms with van der Waals surface area (Å²) >= 11 is 0. The number of nitrogens with zero attached hydrogens (tertiary/aromatic N) is 2. The maximum Gasteiger partial charge on any atom is 0.0574 e. The first-order valence-electron chi connectivity index (χ1n) is 6.89. The van der Waals surface area contributed by atoms with Crippen LogP contribution < -0.4 is 0 Å². The molecule has 0 spiro atoms. The Kier molecular flexibility index (Phi) is 2.95. The molecule has 17 heavy (non-hydrogen) atoms. The fourth-order valence-corrected chi connectivity index (χ4v) is 3.92. The first-order valence-corrected chi connectivity index (χ1v) is 6.89. The lowest BCUT2D eigenvalue weighted by molar-refractivity contribution is 0.0674. The normalized spacial score (nSPS) is 33.2. The van der Waals surface area contributed by atoms with Gasteiger partial charge >= 0.3 is 0 Å². The summed E-state index contributed by atoms with van der Waals surface area (Å²) in [6.45, 7) is 0. The van der Waals surface area contributed by atoms with Crippen molar-refractivity contribution in [2.45, 2.75) is 44.6 Å². The van der Waals surface area contributed by atoms with Crippen molar-refractivity contribution < 1.29 is 5.11 Å². The van der Waals surface area contributed by atoms with E-state index in [4.69, 9.17) is 0 Å². The molecule has 0 aliphatic heterocycles. The largest absolute Gasteiger partial charge is 0.393 e. The van der Waals surface area contributed by atoms with Gasteiger partial charge in [-0.25, -0.2) is 0 Å². The smallest absolute Gasteiger partial charge is 0.0574 e. The van der Waals surface area contributed by atoms with Crippen molar-refractivity contribution in [2.24, 2.45) is 24.8 Å². The van der Waals surface area contributed by atoms with Crippen molar-refractivity contribution in [3.8, 4) is 0 Å². The van der Waals surface area contributed by atoms with Crippen LogP contribution in [-0.4, -0.2) is 21.0 Å². The molecule has 0 aromatic carbocycles. The Balaban J connectivity index is 1.54. The average Bonchev–Trinajstić information content (AvgIpc) is 3.01. The Bertz CT molecular complexity index is 387. The molecule has 2 saturated carbocycles. The van der Waals surface area contributed by atoms with Gasteiger partial charge < -0.3 is 5.11 Å². The lowest BCUT2D eigenvalue weighted by Gasteiger charge is -2.26. The van der Waals surface area contributed by atoms with Crippen LogP contribution in [0.5, 0.6) is 0 Å². The molecular weight excluding hydrogens is 212 g/mol. The SMILES string of the molecule is Cn1nccc1CCC(O)C1CC2CCC1C2. The molecule has 2 aliphatic carbocycles. The fraction of sp³-hybridized carbons (Fsp3) is 0.786. The lowest BCUT2D eigenvalue weighted by Crippen LogP contribution is -2.26. The molecule has 1 heterocycles. The maximum absolute atomic E-state index is 10.3. The summed E-state index contributed by atoms with van der Waals surface area (Å²) in [6.07, 6.45) is 9.01. The molecule has 4 unspecified atom stereocenters. The van der Waals surface area contributed by atoms with Gasteiger partial charge in [-0.1, -0.05) is 6.42 Å². The molecule has 2 fully saturated rings. The van der Waals surface area contributed by atoms with Crippen LogP contribution in [-0.2, 0) is 13.5 Å². The predicted octanol–water partition coefficient (Wildman–Crippen LogP) is 2.15. The fourth-order valence-electron chi connectivity index (χ4n) is 3.92. The molecule has 0 saturated heterocycles. The molecule has 2 aliphatic rings. The van der Waals surface area contributed by atoms with Crippen LogP contribution in [0.25, 0.3) is 0 Å². The minimum absolute atomic E-state index is 0.0970. The molecule has 94 valence electrons. The maximum atomic E-state index is 10.3. The van der Waals surface area contributed by atoms with Gasteiger partial charge in [0, 0.05) is 18.9 Å². The van der Waals surface area contributed by atoms with Crippen LogP contribution in [0, 0.1) is 17.8 Å². The molecule has 1 aromatic heterocycles. The van der Waals surface area contributed by atoms with Gasteiger partial charge in [0.1, 0.15) is 0 Å². The summed E-state index contributed by atoms with van der Waals surface area (Å²) in [7, 11) is 1.97. The van der Waals surface area contributed by atoms with Gasteiger partial charge in [0.05, 0.1) is 6.10 Å². The highest BCUT2D eigenvalue weighted by Gasteiger charge is 2.42. The molecule has 3 heteroatoms. The van der Waals surface area contributed by atoms with E-state index < -0.39 is 0 Å². The molecule has 0 radical (unpaired) electrons. The number of aliphatic hydroxyl groups is 1. The number of aryl methyl sites for hydroxylation is 2. The summed E-state index contributed by atoms with van der Waals surface area (Å²) in [5.41, 5.74) is 1.23. The number of fused-ring (bicyclic) bond motifs is 2. The minimum atomic E-state index is -0.0970. The number of aliphatic hydroxyl groups excluding tert-OH is 1. The number of hydrogen-bond acceptors (Lipinski definition) is 2. The zero-order valence-corrected chi connectivity index (χ0v) is 10.5. The van der Waals surface area contributed by atoms with Crippen molar-refractivity contribution in [1.82, 2.24) is 9.78 Å². The number of rotatable bonds is 4. The second kappa shape index (κ2) is 4.45. The lowest BCUT2D eigenvalue weighted by atomic mass is 9.83. The van der Waals surface area contributed by atoms with E-state index in [0.29, 0.717) is 5.92 Å². The summed E-state index contributed by atoms with van der Waals surface area (Å²) in [5.74, 6) is 2.33. The average molecular weight is 234 g/mol. The van der Waals surface area contributed by atoms with Crippen LogP contribution in [0.3, 0.4) is 0 Å². The Hall–Kier alpha value is -0.830. The Morgan fingerprint density at radius 1 is 1.47 bits per heavy atom. The van der Waals surface area contributed by atoms with E-state index in [1.165, 1.54) is 31.4 Å². The zero-order valence-electron chi connectivity index (χ0n) is 10.5. The van der Waals surface area contributed by atoms with E-state index in [1.807, 2.05) is 24.0 Å². The van der Waals surface area contributed by atoms with E-state index in [9.17, 15) is 5.11 Å². The second-order valence-electron chi connectivity index (χ2n) is 5.89. The first-order chi connectivity index (χ1) is 8.24. The molecule has 0 amide bonds. The van der Waals surface area contributed by atoms with Crippen molar-refractivity contribution in [2.75, 3.05) is 0 Å². The minimum Gasteiger partial charge on any atom is -0.393 e. The summed E-state index contributed by atoms with van der Waals surface area (Å²) < 4.78 is 1.91. The third-order valence-corrected chi connectivity index (χ3v) is 4.91. The monoisotopic (exact) mass is 234 g/mol. The van der Waals surface area contributed by atoms with Crippen molar-refractivity contribution in [3.63, 3.8) is 0 Å². The Labute approximate surface area is 103 Å². The molecule has 4 atom stereocenters. The van der Waals surface area contributed by atoms with Crippen molar-refractivity contribution in [1.29, 1.82) is 0 Å². The Morgan fingerprint density at radius 3 is 2.94 bits per heavy atom. The molecule has 3 rings (SSSR count). The second-order valence-corrected chi connectivity index (χ2v) is 5.89. The van der Waals surface area contributed by atoms with Crippen LogP contribution in [0.4, 0.5) is 0 Å². The summed E-state index contributed by atoms with van der Waals surface area (Å²) in [4.78, 5) is 0. The highest BCUT2D eigenvalue weighted by molar-refractivity contribution is 5.01. The predicted molar refractivity (Wildman–Crippen MR) is 66.5 cm³/mol. The first kappa shape index (κ1) is 11.3. The highest BCUT2D eigenvalue weighted by atomic mass is 16.3. The topological polar surface area (TPSA) is 38.0 Å². The standard InChI is InChI=1S/C14H22N2O/c1-16-12(6-7-15-16)4-5-14(17)13-9-10-2-3-11(13)8-10/h6-7,10-11,13-14,17H,2-5,8-9H2,1H3. The quantitative estimate of drug-likeness (QED) is 0.867. The third kappa shape index (κ3) is 2.13. The van der Waals surface area contributed by atoms with Gasteiger partial charge in [-0.05, 0) is 55.9 Å². The Morgan fingerprint density at radius 2 is 2.35 bits per heavy atom. The van der Waals surface area contributed by atoms with Gasteiger partial charge in [-0.15, -0.1) is 0 Å². The van der Waals surface area contributed by atoms with E-state index in [0.717, 1.165) is 24.7 Å². The molecule has 2 bridgehead atoms. The molecular formula is C14H22N2O. The van der Waals surface area contributed by atoms with E-state index >= 15 is 0 Å². The van der Waals surface area contributed by atoms with Gasteiger partial charge in [0.15, 0.2) is 0 Å². The van der Waals surface area contributed by atoms with Crippen molar-refractivity contribution in [3.05, 3.63) is 18.0 Å². The van der Waals surface area contributed by atoms with E-state index in [-0.39, 0.29) is 6.10 Å². The van der Waals surface area contributed by atoms with Crippen molar-refractivity contribution >= 4 is 0 Å². The molecule has 3 nitrogen and oxygen atoms in total. The van der Waals surface area contributed by atoms with Gasteiger partial charge in [0.2, 0.25) is 0 Å². The van der Waals surface area contributed by atoms with Crippen LogP contribution >= 0.6 is 0 Å². The van der Waals surface area contributed by atoms with Crippen LogP contribution in [0.15, 0.2) is 12.3 Å². The zero-order chi connectivity index (χ0) is 11.8. The van der Waals surface area contributed by atoms with Gasteiger partial charge in [-0.2, -0.15) is 5.10 Å².